The van der Waals surface area contributed by atoms with E-state index in [1.165, 1.54) is 5.56 Å². The van der Waals surface area contributed by atoms with Gasteiger partial charge in [-0.2, -0.15) is 5.10 Å². The summed E-state index contributed by atoms with van der Waals surface area (Å²) in [5.74, 6) is 0. The highest BCUT2D eigenvalue weighted by molar-refractivity contribution is 7.79. The lowest BCUT2D eigenvalue weighted by molar-refractivity contribution is 0.0714. The molecule has 0 bridgehead atoms. The number of piperidine rings is 1. The molecule has 5 rings (SSSR count). The summed E-state index contributed by atoms with van der Waals surface area (Å²) >= 11 is -2.03. The van der Waals surface area contributed by atoms with E-state index in [1.807, 2.05) is 18.5 Å². The average molecular weight is 463 g/mol. The maximum atomic E-state index is 11.4. The molecular formula is C25H26N4O3S. The van der Waals surface area contributed by atoms with E-state index in [4.69, 9.17) is 0 Å². The van der Waals surface area contributed by atoms with Crippen LogP contribution in [0, 0.1) is 0 Å². The van der Waals surface area contributed by atoms with E-state index in [0.717, 1.165) is 61.2 Å². The van der Waals surface area contributed by atoms with Gasteiger partial charge in [-0.3, -0.25) is 0 Å². The Morgan fingerprint density at radius 2 is 1.91 bits per heavy atom. The molecule has 0 radical (unpaired) electrons. The smallest absolute Gasteiger partial charge is 0.186 e. The van der Waals surface area contributed by atoms with Crippen LogP contribution < -0.4 is 0 Å². The third-order valence-corrected chi connectivity index (χ3v) is 6.84. The number of rotatable bonds is 6. The molecule has 2 unspecified atom stereocenters. The first-order valence-electron chi connectivity index (χ1n) is 11.1. The first-order valence-corrected chi connectivity index (χ1v) is 12.2. The van der Waals surface area contributed by atoms with Crippen molar-refractivity contribution in [3.05, 3.63) is 72.7 Å². The van der Waals surface area contributed by atoms with Gasteiger partial charge >= 0.3 is 0 Å². The maximum Gasteiger partial charge on any atom is 0.186 e. The lowest BCUT2D eigenvalue weighted by Crippen LogP contribution is -2.39. The van der Waals surface area contributed by atoms with Crippen LogP contribution in [0.15, 0.2) is 72.0 Å². The van der Waals surface area contributed by atoms with Gasteiger partial charge in [-0.15, -0.1) is 0 Å². The number of aliphatic hydroxyl groups is 1. The van der Waals surface area contributed by atoms with Crippen LogP contribution >= 0.6 is 0 Å². The lowest BCUT2D eigenvalue weighted by Gasteiger charge is -2.29. The number of nitrogens with zero attached hydrogens (tertiary/aromatic N) is 4. The summed E-state index contributed by atoms with van der Waals surface area (Å²) < 4.78 is 22.5. The van der Waals surface area contributed by atoms with Gasteiger partial charge in [0.1, 0.15) is 0 Å². The van der Waals surface area contributed by atoms with Crippen molar-refractivity contribution < 1.29 is 13.9 Å². The van der Waals surface area contributed by atoms with Gasteiger partial charge in [0, 0.05) is 36.6 Å². The quantitative estimate of drug-likeness (QED) is 0.425. The van der Waals surface area contributed by atoms with Gasteiger partial charge in [-0.1, -0.05) is 36.4 Å². The minimum atomic E-state index is -2.03. The molecule has 8 heteroatoms. The normalized spacial score (nSPS) is 17.9. The van der Waals surface area contributed by atoms with Gasteiger partial charge in [0.05, 0.1) is 17.2 Å². The summed E-state index contributed by atoms with van der Waals surface area (Å²) in [5, 5.41) is 14.3. The van der Waals surface area contributed by atoms with Crippen LogP contribution in [0.4, 0.5) is 0 Å². The highest BCUT2D eigenvalue weighted by Gasteiger charge is 2.17. The Balaban J connectivity index is 1.32. The van der Waals surface area contributed by atoms with E-state index in [1.54, 1.807) is 28.9 Å². The fourth-order valence-corrected chi connectivity index (χ4v) is 4.81. The van der Waals surface area contributed by atoms with Crippen molar-refractivity contribution in [2.75, 3.05) is 19.6 Å². The van der Waals surface area contributed by atoms with Crippen molar-refractivity contribution in [3.8, 4) is 22.3 Å². The fourth-order valence-electron chi connectivity index (χ4n) is 4.38. The summed E-state index contributed by atoms with van der Waals surface area (Å²) in [5.41, 5.74) is 5.61. The number of aromatic nitrogens is 3. The molecule has 1 saturated heterocycles. The van der Waals surface area contributed by atoms with Crippen LogP contribution in [0.25, 0.3) is 27.9 Å². The monoisotopic (exact) mass is 462 g/mol. The summed E-state index contributed by atoms with van der Waals surface area (Å²) in [4.78, 5) is 7.31. The molecule has 0 amide bonds. The molecule has 1 fully saturated rings. The standard InChI is InChI=1S/C25H26N4O3S/c30-22-4-2-11-28(17-22)12-10-18-6-8-19(9-7-18)21-14-26-25-24(15-27-29(25)16-21)20-3-1-5-23(13-20)33(31)32/h1,3,5-9,13-16,22,30H,2,4,10-12,17H2,(H,31,32). The van der Waals surface area contributed by atoms with Crippen molar-refractivity contribution in [1.29, 1.82) is 0 Å². The number of aliphatic hydroxyl groups excluding tert-OH is 1. The Morgan fingerprint density at radius 3 is 2.70 bits per heavy atom. The molecule has 170 valence electrons. The molecule has 1 aliphatic rings. The van der Waals surface area contributed by atoms with Crippen LogP contribution in [0.1, 0.15) is 18.4 Å². The van der Waals surface area contributed by atoms with Gasteiger partial charge in [0.2, 0.25) is 0 Å². The Kier molecular flexibility index (Phi) is 6.32. The van der Waals surface area contributed by atoms with Crippen molar-refractivity contribution in [2.45, 2.75) is 30.3 Å². The van der Waals surface area contributed by atoms with Crippen LogP contribution in [-0.2, 0) is 17.5 Å². The van der Waals surface area contributed by atoms with Crippen LogP contribution in [-0.4, -0.2) is 59.1 Å². The molecule has 2 aromatic heterocycles. The topological polar surface area (TPSA) is 91.0 Å². The molecule has 7 nitrogen and oxygen atoms in total. The molecule has 33 heavy (non-hydrogen) atoms. The molecule has 3 heterocycles. The number of hydrogen-bond acceptors (Lipinski definition) is 5. The van der Waals surface area contributed by atoms with Crippen molar-refractivity contribution in [3.63, 3.8) is 0 Å². The molecule has 4 aromatic rings. The maximum absolute atomic E-state index is 11.4. The molecule has 0 spiro atoms. The number of likely N-dealkylation sites (tertiary alicyclic amines) is 1. The van der Waals surface area contributed by atoms with Crippen LogP contribution in [0.2, 0.25) is 0 Å². The van der Waals surface area contributed by atoms with Gasteiger partial charge in [-0.25, -0.2) is 13.7 Å². The molecule has 0 aliphatic carbocycles. The minimum absolute atomic E-state index is 0.186. The third-order valence-electron chi connectivity index (χ3n) is 6.19. The third kappa shape index (κ3) is 4.89. The van der Waals surface area contributed by atoms with E-state index in [0.29, 0.717) is 10.5 Å². The molecule has 0 saturated carbocycles. The van der Waals surface area contributed by atoms with Gasteiger partial charge < -0.3 is 14.6 Å². The van der Waals surface area contributed by atoms with Crippen LogP contribution in [0.3, 0.4) is 0 Å². The van der Waals surface area contributed by atoms with E-state index >= 15 is 0 Å². The molecular weight excluding hydrogens is 436 g/mol. The number of hydrogen-bond donors (Lipinski definition) is 2. The average Bonchev–Trinajstić information content (AvgIpc) is 3.26. The molecule has 2 atom stereocenters. The van der Waals surface area contributed by atoms with Crippen LogP contribution in [0.5, 0.6) is 0 Å². The molecule has 2 N–H and O–H groups in total. The first-order chi connectivity index (χ1) is 16.1. The van der Waals surface area contributed by atoms with Crippen molar-refractivity contribution in [1.82, 2.24) is 19.5 Å². The summed E-state index contributed by atoms with van der Waals surface area (Å²) in [6, 6.07) is 15.4. The second-order valence-corrected chi connectivity index (χ2v) is 9.46. The summed E-state index contributed by atoms with van der Waals surface area (Å²) in [6.45, 7) is 2.80. The Labute approximate surface area is 195 Å². The van der Waals surface area contributed by atoms with E-state index < -0.39 is 11.1 Å². The lowest BCUT2D eigenvalue weighted by atomic mass is 10.0. The highest BCUT2D eigenvalue weighted by Crippen LogP contribution is 2.27. The first kappa shape index (κ1) is 21.9. The zero-order valence-electron chi connectivity index (χ0n) is 18.2. The predicted octanol–water partition coefficient (Wildman–Crippen LogP) is 3.64. The summed E-state index contributed by atoms with van der Waals surface area (Å²) in [7, 11) is 0. The zero-order chi connectivity index (χ0) is 22.8. The van der Waals surface area contributed by atoms with E-state index in [2.05, 4.69) is 39.2 Å². The minimum Gasteiger partial charge on any atom is -0.392 e. The molecule has 2 aromatic carbocycles. The number of benzene rings is 2. The van der Waals surface area contributed by atoms with E-state index in [-0.39, 0.29) is 6.10 Å². The fraction of sp³-hybridized carbons (Fsp3) is 0.280. The number of β-amino-alcohol motifs (C(OH)–C–C–N with tert-alkyl or cyclic N) is 1. The van der Waals surface area contributed by atoms with Gasteiger partial charge in [0.15, 0.2) is 16.7 Å². The highest BCUT2D eigenvalue weighted by atomic mass is 32.2. The van der Waals surface area contributed by atoms with Gasteiger partial charge in [-0.05, 0) is 54.6 Å². The largest absolute Gasteiger partial charge is 0.392 e. The van der Waals surface area contributed by atoms with E-state index in [9.17, 15) is 13.9 Å². The van der Waals surface area contributed by atoms with Gasteiger partial charge in [0.25, 0.3) is 0 Å². The SMILES string of the molecule is O=S(O)c1cccc(-c2cnn3cc(-c4ccc(CCN5CCCC(O)C5)cc4)cnc23)c1. The summed E-state index contributed by atoms with van der Waals surface area (Å²) in [6.07, 6.45) is 8.27. The second kappa shape index (κ2) is 9.52. The second-order valence-electron chi connectivity index (χ2n) is 8.49. The Bertz CT molecular complexity index is 1290. The number of fused-ring (bicyclic) bond motifs is 1. The molecule has 1 aliphatic heterocycles. The Morgan fingerprint density at radius 1 is 1.06 bits per heavy atom. The van der Waals surface area contributed by atoms with Crippen molar-refractivity contribution >= 4 is 16.7 Å². The van der Waals surface area contributed by atoms with Crippen molar-refractivity contribution in [2.24, 2.45) is 0 Å². The zero-order valence-corrected chi connectivity index (χ0v) is 19.0. The Hall–Kier alpha value is -2.91. The predicted molar refractivity (Wildman–Crippen MR) is 128 cm³/mol.